The Hall–Kier alpha value is -2.23. The Kier molecular flexibility index (Phi) is 3.57. The summed E-state index contributed by atoms with van der Waals surface area (Å²) in [6, 6.07) is 3.71. The molecular formula is C16H19NO3. The Morgan fingerprint density at radius 2 is 1.80 bits per heavy atom. The summed E-state index contributed by atoms with van der Waals surface area (Å²) in [4.78, 5) is 14.3. The molecule has 106 valence electrons. The lowest BCUT2D eigenvalue weighted by Gasteiger charge is -2.15. The van der Waals surface area contributed by atoms with Crippen LogP contribution in [0.15, 0.2) is 12.1 Å². The Morgan fingerprint density at radius 1 is 1.15 bits per heavy atom. The first-order valence-electron chi connectivity index (χ1n) is 6.44. The molecule has 0 unspecified atom stereocenters. The molecule has 0 aliphatic rings. The fraction of sp³-hybridized carbons (Fsp3) is 0.312. The zero-order valence-corrected chi connectivity index (χ0v) is 12.4. The zero-order valence-electron chi connectivity index (χ0n) is 12.4. The molecule has 2 N–H and O–H groups in total. The van der Waals surface area contributed by atoms with Crippen LogP contribution < -0.4 is 4.74 Å². The second-order valence-corrected chi connectivity index (χ2v) is 5.05. The third-order valence-electron chi connectivity index (χ3n) is 3.77. The van der Waals surface area contributed by atoms with Crippen LogP contribution >= 0.6 is 0 Å². The molecule has 20 heavy (non-hydrogen) atoms. The number of hydrogen-bond donors (Lipinski definition) is 2. The predicted molar refractivity (Wildman–Crippen MR) is 78.7 cm³/mol. The van der Waals surface area contributed by atoms with Crippen molar-refractivity contribution in [3.8, 4) is 17.0 Å². The number of benzene rings is 1. The SMILES string of the molecule is COc1c(C)cc(-c2cc(C(=O)O)c(C)[nH]2)c(C)c1C. The maximum Gasteiger partial charge on any atom is 0.337 e. The van der Waals surface area contributed by atoms with Crippen molar-refractivity contribution in [2.75, 3.05) is 7.11 Å². The molecular weight excluding hydrogens is 254 g/mol. The molecule has 0 amide bonds. The minimum atomic E-state index is -0.912. The number of carboxylic acids is 1. The maximum absolute atomic E-state index is 11.1. The van der Waals surface area contributed by atoms with Crippen molar-refractivity contribution in [2.24, 2.45) is 0 Å². The highest BCUT2D eigenvalue weighted by Gasteiger charge is 2.16. The summed E-state index contributed by atoms with van der Waals surface area (Å²) in [6.07, 6.45) is 0. The lowest BCUT2D eigenvalue weighted by Crippen LogP contribution is -1.96. The molecule has 0 aliphatic heterocycles. The van der Waals surface area contributed by atoms with Gasteiger partial charge < -0.3 is 14.8 Å². The summed E-state index contributed by atoms with van der Waals surface area (Å²) in [5.41, 5.74) is 6.01. The minimum absolute atomic E-state index is 0.311. The molecule has 1 aromatic heterocycles. The first-order chi connectivity index (χ1) is 9.36. The normalized spacial score (nSPS) is 10.7. The van der Waals surface area contributed by atoms with Gasteiger partial charge in [0.25, 0.3) is 0 Å². The van der Waals surface area contributed by atoms with E-state index in [0.717, 1.165) is 33.7 Å². The van der Waals surface area contributed by atoms with E-state index in [1.807, 2.05) is 26.8 Å². The molecule has 4 heteroatoms. The third-order valence-corrected chi connectivity index (χ3v) is 3.77. The number of H-pyrrole nitrogens is 1. The van der Waals surface area contributed by atoms with Crippen LogP contribution in [0.5, 0.6) is 5.75 Å². The van der Waals surface area contributed by atoms with Gasteiger partial charge in [-0.25, -0.2) is 4.79 Å². The number of carbonyl (C=O) groups is 1. The van der Waals surface area contributed by atoms with Crippen molar-refractivity contribution >= 4 is 5.97 Å². The Balaban J connectivity index is 2.65. The van der Waals surface area contributed by atoms with Crippen LogP contribution in [0, 0.1) is 27.7 Å². The van der Waals surface area contributed by atoms with E-state index < -0.39 is 5.97 Å². The molecule has 0 spiro atoms. The van der Waals surface area contributed by atoms with Crippen LogP contribution in [0.3, 0.4) is 0 Å². The number of ether oxygens (including phenoxy) is 1. The van der Waals surface area contributed by atoms with E-state index in [2.05, 4.69) is 4.98 Å². The van der Waals surface area contributed by atoms with E-state index in [4.69, 9.17) is 9.84 Å². The summed E-state index contributed by atoms with van der Waals surface area (Å²) < 4.78 is 5.41. The van der Waals surface area contributed by atoms with Gasteiger partial charge in [0, 0.05) is 17.0 Å². The molecule has 0 radical (unpaired) electrons. The average Bonchev–Trinajstić information content (AvgIpc) is 2.76. The second kappa shape index (κ2) is 5.04. The Labute approximate surface area is 118 Å². The number of aromatic nitrogens is 1. The van der Waals surface area contributed by atoms with E-state index in [-0.39, 0.29) is 0 Å². The quantitative estimate of drug-likeness (QED) is 0.897. The number of rotatable bonds is 3. The predicted octanol–water partition coefficient (Wildman–Crippen LogP) is 3.62. The molecule has 0 fully saturated rings. The highest BCUT2D eigenvalue weighted by atomic mass is 16.5. The van der Waals surface area contributed by atoms with Gasteiger partial charge in [0.15, 0.2) is 0 Å². The summed E-state index contributed by atoms with van der Waals surface area (Å²) in [7, 11) is 1.66. The molecule has 1 heterocycles. The van der Waals surface area contributed by atoms with E-state index >= 15 is 0 Å². The molecule has 1 aromatic carbocycles. The zero-order chi connectivity index (χ0) is 15.0. The average molecular weight is 273 g/mol. The largest absolute Gasteiger partial charge is 0.496 e. The van der Waals surface area contributed by atoms with Gasteiger partial charge >= 0.3 is 5.97 Å². The molecule has 0 saturated carbocycles. The molecule has 2 aromatic rings. The Bertz CT molecular complexity index is 684. The lowest BCUT2D eigenvalue weighted by molar-refractivity contribution is 0.0696. The van der Waals surface area contributed by atoms with E-state index in [1.165, 1.54) is 0 Å². The van der Waals surface area contributed by atoms with Crippen molar-refractivity contribution in [1.29, 1.82) is 0 Å². The molecule has 4 nitrogen and oxygen atoms in total. The van der Waals surface area contributed by atoms with Gasteiger partial charge in [-0.2, -0.15) is 0 Å². The third kappa shape index (κ3) is 2.18. The molecule has 0 bridgehead atoms. The van der Waals surface area contributed by atoms with Gasteiger partial charge in [-0.15, -0.1) is 0 Å². The second-order valence-electron chi connectivity index (χ2n) is 5.05. The number of aromatic carboxylic acids is 1. The highest BCUT2D eigenvalue weighted by Crippen LogP contribution is 2.34. The van der Waals surface area contributed by atoms with Gasteiger partial charge in [-0.3, -0.25) is 0 Å². The molecule has 2 rings (SSSR count). The van der Waals surface area contributed by atoms with Gasteiger partial charge in [0.2, 0.25) is 0 Å². The summed E-state index contributed by atoms with van der Waals surface area (Å²) >= 11 is 0. The lowest BCUT2D eigenvalue weighted by atomic mass is 9.96. The van der Waals surface area contributed by atoms with E-state index in [9.17, 15) is 4.79 Å². The van der Waals surface area contributed by atoms with Crippen LogP contribution in [-0.4, -0.2) is 23.2 Å². The van der Waals surface area contributed by atoms with Crippen LogP contribution in [0.2, 0.25) is 0 Å². The van der Waals surface area contributed by atoms with Gasteiger partial charge in [0.05, 0.1) is 12.7 Å². The summed E-state index contributed by atoms with van der Waals surface area (Å²) in [5.74, 6) is -0.0300. The number of aromatic amines is 1. The van der Waals surface area contributed by atoms with Crippen molar-refractivity contribution in [1.82, 2.24) is 4.98 Å². The van der Waals surface area contributed by atoms with E-state index in [1.54, 1.807) is 20.1 Å². The van der Waals surface area contributed by atoms with Crippen molar-refractivity contribution in [2.45, 2.75) is 27.7 Å². The van der Waals surface area contributed by atoms with Crippen molar-refractivity contribution in [3.05, 3.63) is 40.1 Å². The topological polar surface area (TPSA) is 62.3 Å². The summed E-state index contributed by atoms with van der Waals surface area (Å²) in [6.45, 7) is 7.79. The first kappa shape index (κ1) is 14.2. The van der Waals surface area contributed by atoms with Crippen molar-refractivity contribution in [3.63, 3.8) is 0 Å². The number of nitrogens with one attached hydrogen (secondary N) is 1. The molecule has 0 atom stereocenters. The smallest absolute Gasteiger partial charge is 0.337 e. The monoisotopic (exact) mass is 273 g/mol. The highest BCUT2D eigenvalue weighted by molar-refractivity contribution is 5.91. The number of methoxy groups -OCH3 is 1. The number of aryl methyl sites for hydroxylation is 2. The van der Waals surface area contributed by atoms with Gasteiger partial charge in [-0.05, 0) is 56.5 Å². The van der Waals surface area contributed by atoms with Crippen molar-refractivity contribution < 1.29 is 14.6 Å². The fourth-order valence-electron chi connectivity index (χ4n) is 2.58. The Morgan fingerprint density at radius 3 is 2.30 bits per heavy atom. The number of carboxylic acid groups (broad SMARTS) is 1. The van der Waals surface area contributed by atoms with Gasteiger partial charge in [-0.1, -0.05) is 0 Å². The standard InChI is InChI=1S/C16H19NO3/c1-8-6-12(9(2)10(3)15(8)20-5)14-7-13(16(18)19)11(4)17-14/h6-7,17H,1-5H3,(H,18,19). The minimum Gasteiger partial charge on any atom is -0.496 e. The fourth-order valence-corrected chi connectivity index (χ4v) is 2.58. The van der Waals surface area contributed by atoms with Crippen LogP contribution in [0.25, 0.3) is 11.3 Å². The number of hydrogen-bond acceptors (Lipinski definition) is 2. The van der Waals surface area contributed by atoms with Crippen LogP contribution in [0.1, 0.15) is 32.7 Å². The van der Waals surface area contributed by atoms with E-state index in [0.29, 0.717) is 11.3 Å². The molecule has 0 saturated heterocycles. The summed E-state index contributed by atoms with van der Waals surface area (Å²) in [5, 5.41) is 9.15. The molecule has 0 aliphatic carbocycles. The first-order valence-corrected chi connectivity index (χ1v) is 6.44. The van der Waals surface area contributed by atoms with Crippen LogP contribution in [-0.2, 0) is 0 Å². The maximum atomic E-state index is 11.1. The van der Waals surface area contributed by atoms with Crippen LogP contribution in [0.4, 0.5) is 0 Å². The van der Waals surface area contributed by atoms with Gasteiger partial charge in [0.1, 0.15) is 5.75 Å².